The summed E-state index contributed by atoms with van der Waals surface area (Å²) >= 11 is 0. The van der Waals surface area contributed by atoms with Gasteiger partial charge < -0.3 is 15.4 Å². The summed E-state index contributed by atoms with van der Waals surface area (Å²) in [6.45, 7) is 13.0. The van der Waals surface area contributed by atoms with Crippen LogP contribution in [-0.2, 0) is 13.2 Å². The lowest BCUT2D eigenvalue weighted by molar-refractivity contribution is 0.262. The molecule has 3 aromatic heterocycles. The summed E-state index contributed by atoms with van der Waals surface area (Å²) in [7, 11) is 0. The lowest BCUT2D eigenvalue weighted by Gasteiger charge is -2.22. The van der Waals surface area contributed by atoms with Crippen LogP contribution in [0.4, 0.5) is 16.2 Å². The Morgan fingerprint density at radius 3 is 2.30 bits per heavy atom. The van der Waals surface area contributed by atoms with Gasteiger partial charge in [-0.15, -0.1) is 6.58 Å². The van der Waals surface area contributed by atoms with Crippen LogP contribution in [0.3, 0.4) is 0 Å². The number of nitrogens with zero attached hydrogens (tertiary/aromatic N) is 3. The molecule has 0 fully saturated rings. The van der Waals surface area contributed by atoms with E-state index in [2.05, 4.69) is 54.9 Å². The number of unbranched alkanes of at least 4 members (excludes halogenated alkanes) is 1. The van der Waals surface area contributed by atoms with Gasteiger partial charge in [0.25, 0.3) is 5.56 Å². The Morgan fingerprint density at radius 2 is 1.61 bits per heavy atom. The summed E-state index contributed by atoms with van der Waals surface area (Å²) < 4.78 is 7.76. The van der Waals surface area contributed by atoms with Crippen molar-refractivity contribution in [2.24, 2.45) is 0 Å². The van der Waals surface area contributed by atoms with E-state index in [1.165, 1.54) is 0 Å². The van der Waals surface area contributed by atoms with Crippen LogP contribution in [0.25, 0.3) is 22.2 Å². The van der Waals surface area contributed by atoms with Crippen LogP contribution in [0.5, 0.6) is 5.75 Å². The van der Waals surface area contributed by atoms with Crippen LogP contribution < -0.4 is 20.9 Å². The van der Waals surface area contributed by atoms with Crippen molar-refractivity contribution in [3.8, 4) is 16.9 Å². The highest BCUT2D eigenvalue weighted by Gasteiger charge is 2.23. The minimum absolute atomic E-state index is 0.177. The number of anilines is 2. The molecule has 0 bridgehead atoms. The molecule has 46 heavy (non-hydrogen) atoms. The van der Waals surface area contributed by atoms with Crippen LogP contribution in [0.15, 0.2) is 103 Å². The quantitative estimate of drug-likeness (QED) is 0.108. The third kappa shape index (κ3) is 7.18. The highest BCUT2D eigenvalue weighted by atomic mass is 16.5. The molecule has 5 aromatic rings. The largest absolute Gasteiger partial charge is 0.489 e. The fourth-order valence-electron chi connectivity index (χ4n) is 5.64. The van der Waals surface area contributed by atoms with Gasteiger partial charge in [0, 0.05) is 41.8 Å². The van der Waals surface area contributed by atoms with Crippen LogP contribution in [-0.4, -0.2) is 20.6 Å². The number of hydrogen-bond acceptors (Lipinski definition) is 5. The topological polar surface area (TPSA) is 98.1 Å². The van der Waals surface area contributed by atoms with Crippen molar-refractivity contribution in [2.45, 2.75) is 65.5 Å². The Kier molecular flexibility index (Phi) is 10.3. The number of aromatic nitrogens is 3. The zero-order chi connectivity index (χ0) is 32.6. The Morgan fingerprint density at radius 1 is 0.913 bits per heavy atom. The molecule has 2 amide bonds. The number of urea groups is 1. The van der Waals surface area contributed by atoms with Crippen molar-refractivity contribution in [1.82, 2.24) is 14.5 Å². The van der Waals surface area contributed by atoms with Crippen LogP contribution in [0, 0.1) is 0 Å². The van der Waals surface area contributed by atoms with Gasteiger partial charge in [-0.2, -0.15) is 0 Å². The predicted molar refractivity (Wildman–Crippen MR) is 187 cm³/mol. The number of nitrogens with one attached hydrogen (secondary N) is 2. The summed E-state index contributed by atoms with van der Waals surface area (Å²) in [5.74, 6) is 1.01. The number of fused-ring (bicyclic) bond motifs is 1. The Hall–Kier alpha value is -5.24. The maximum absolute atomic E-state index is 14.3. The molecular weight excluding hydrogens is 574 g/mol. The number of para-hydroxylation sites is 1. The highest BCUT2D eigenvalue weighted by molar-refractivity contribution is 6.07. The first-order chi connectivity index (χ1) is 22.3. The third-order valence-corrected chi connectivity index (χ3v) is 7.94. The number of carbonyl (C=O) groups is 1. The van der Waals surface area contributed by atoms with Gasteiger partial charge in [-0.05, 0) is 83.3 Å². The maximum Gasteiger partial charge on any atom is 0.323 e. The SMILES string of the molecule is C=CCCCn1c(=O)c(NC(=O)Nc2c(C(C)C)cccc2C(C)C)c(-c2cccc(OCc3ccncc3)c2)c2cccnc21. The van der Waals surface area contributed by atoms with E-state index in [-0.39, 0.29) is 23.1 Å². The van der Waals surface area contributed by atoms with Crippen LogP contribution >= 0.6 is 0 Å². The van der Waals surface area contributed by atoms with Gasteiger partial charge in [-0.25, -0.2) is 9.78 Å². The van der Waals surface area contributed by atoms with Crippen molar-refractivity contribution in [1.29, 1.82) is 0 Å². The molecule has 0 aliphatic carbocycles. The lowest BCUT2D eigenvalue weighted by atomic mass is 9.93. The summed E-state index contributed by atoms with van der Waals surface area (Å²) in [6.07, 6.45) is 8.41. The zero-order valence-electron chi connectivity index (χ0n) is 26.9. The molecule has 0 radical (unpaired) electrons. The molecule has 0 spiro atoms. The smallest absolute Gasteiger partial charge is 0.323 e. The Balaban J connectivity index is 1.61. The van der Waals surface area contributed by atoms with E-state index in [9.17, 15) is 9.59 Å². The second-order valence-corrected chi connectivity index (χ2v) is 11.9. The van der Waals surface area contributed by atoms with Crippen LogP contribution in [0.1, 0.15) is 69.1 Å². The van der Waals surface area contributed by atoms with Gasteiger partial charge in [0.15, 0.2) is 0 Å². The van der Waals surface area contributed by atoms with E-state index in [1.54, 1.807) is 23.2 Å². The molecule has 0 saturated carbocycles. The number of benzene rings is 2. The molecule has 5 rings (SSSR count). The lowest BCUT2D eigenvalue weighted by Crippen LogP contribution is -2.30. The van der Waals surface area contributed by atoms with Gasteiger partial charge in [-0.1, -0.05) is 64.1 Å². The number of ether oxygens (including phenoxy) is 1. The molecule has 2 N–H and O–H groups in total. The monoisotopic (exact) mass is 615 g/mol. The van der Waals surface area contributed by atoms with Crippen molar-refractivity contribution in [3.05, 3.63) is 125 Å². The minimum Gasteiger partial charge on any atom is -0.489 e. The number of rotatable bonds is 12. The molecule has 8 heteroatoms. The second-order valence-electron chi connectivity index (χ2n) is 11.9. The second kappa shape index (κ2) is 14.7. The van der Waals surface area contributed by atoms with Gasteiger partial charge in [0.1, 0.15) is 23.7 Å². The van der Waals surface area contributed by atoms with Crippen molar-refractivity contribution >= 4 is 28.4 Å². The summed E-state index contributed by atoms with van der Waals surface area (Å²) in [6, 6.07) is 20.7. The average molecular weight is 616 g/mol. The van der Waals surface area contributed by atoms with Gasteiger partial charge in [-0.3, -0.25) is 14.3 Å². The van der Waals surface area contributed by atoms with E-state index in [0.717, 1.165) is 39.7 Å². The Bertz CT molecular complexity index is 1870. The number of aryl methyl sites for hydroxylation is 1. The van der Waals surface area contributed by atoms with E-state index >= 15 is 0 Å². The highest BCUT2D eigenvalue weighted by Crippen LogP contribution is 2.36. The fourth-order valence-corrected chi connectivity index (χ4v) is 5.64. The molecule has 0 aliphatic rings. The number of carbonyl (C=O) groups excluding carboxylic acids is 1. The van der Waals surface area contributed by atoms with Crippen molar-refractivity contribution < 1.29 is 9.53 Å². The molecule has 0 atom stereocenters. The Labute approximate surface area is 270 Å². The minimum atomic E-state index is -0.487. The molecule has 0 saturated heterocycles. The molecule has 2 aromatic carbocycles. The zero-order valence-corrected chi connectivity index (χ0v) is 26.9. The number of pyridine rings is 3. The molecular formula is C38H41N5O3. The number of amides is 2. The number of hydrogen-bond donors (Lipinski definition) is 2. The fraction of sp³-hybridized carbons (Fsp3) is 0.263. The maximum atomic E-state index is 14.3. The van der Waals surface area contributed by atoms with Gasteiger partial charge >= 0.3 is 6.03 Å². The van der Waals surface area contributed by atoms with Crippen molar-refractivity contribution in [3.63, 3.8) is 0 Å². The summed E-state index contributed by atoms with van der Waals surface area (Å²) in [5, 5.41) is 6.83. The first-order valence-electron chi connectivity index (χ1n) is 15.7. The predicted octanol–water partition coefficient (Wildman–Crippen LogP) is 8.89. The molecule has 8 nitrogen and oxygen atoms in total. The van der Waals surface area contributed by atoms with Gasteiger partial charge in [0.2, 0.25) is 0 Å². The first kappa shape index (κ1) is 32.2. The third-order valence-electron chi connectivity index (χ3n) is 7.94. The first-order valence-corrected chi connectivity index (χ1v) is 15.7. The molecule has 236 valence electrons. The molecule has 3 heterocycles. The molecule has 0 aliphatic heterocycles. The summed E-state index contributed by atoms with van der Waals surface area (Å²) in [4.78, 5) is 36.9. The van der Waals surface area contributed by atoms with Gasteiger partial charge in [0.05, 0.1) is 0 Å². The van der Waals surface area contributed by atoms with E-state index in [0.29, 0.717) is 36.5 Å². The summed E-state index contributed by atoms with van der Waals surface area (Å²) in [5.41, 5.74) is 5.52. The van der Waals surface area contributed by atoms with E-state index in [1.807, 2.05) is 72.8 Å². The van der Waals surface area contributed by atoms with E-state index in [4.69, 9.17) is 4.74 Å². The standard InChI is InChI=1S/C38H41N5O3/c1-6-7-8-22-43-36-32(16-11-19-40-36)33(28-12-9-13-29(23-28)46-24-27-17-20-39-21-18-27)35(37(43)44)42-38(45)41-34-30(25(2)3)14-10-15-31(34)26(4)5/h6,9-21,23,25-26H,1,7-8,22,24H2,2-5H3,(H2,41,42,45). The molecule has 0 unspecified atom stereocenters. The number of allylic oxidation sites excluding steroid dienone is 1. The average Bonchev–Trinajstić information content (AvgIpc) is 3.06. The normalized spacial score (nSPS) is 11.2. The van der Waals surface area contributed by atoms with Crippen LogP contribution in [0.2, 0.25) is 0 Å². The van der Waals surface area contributed by atoms with E-state index < -0.39 is 6.03 Å². The van der Waals surface area contributed by atoms with Crippen molar-refractivity contribution in [2.75, 3.05) is 10.6 Å².